The quantitative estimate of drug-likeness (QED) is 0.443. The van der Waals surface area contributed by atoms with Crippen LogP contribution in [0.25, 0.3) is 10.9 Å². The molecule has 0 aliphatic heterocycles. The molecule has 0 saturated heterocycles. The van der Waals surface area contributed by atoms with Crippen LogP contribution in [-0.4, -0.2) is 39.5 Å². The molecule has 0 spiro atoms. The second-order valence-corrected chi connectivity index (χ2v) is 7.05. The van der Waals surface area contributed by atoms with Gasteiger partial charge in [0.1, 0.15) is 5.75 Å². The van der Waals surface area contributed by atoms with Crippen LogP contribution < -0.4 is 10.3 Å². The monoisotopic (exact) mass is 365 g/mol. The molecule has 1 aromatic heterocycles. The molecule has 7 heteroatoms. The van der Waals surface area contributed by atoms with Gasteiger partial charge in [-0.2, -0.15) is 0 Å². The lowest BCUT2D eigenvalue weighted by Gasteiger charge is -2.15. The van der Waals surface area contributed by atoms with Crippen molar-refractivity contribution < 1.29 is 4.74 Å². The van der Waals surface area contributed by atoms with Crippen molar-refractivity contribution in [2.75, 3.05) is 19.8 Å². The highest BCUT2D eigenvalue weighted by atomic mass is 32.2. The van der Waals surface area contributed by atoms with E-state index in [2.05, 4.69) is 18.8 Å². The van der Waals surface area contributed by atoms with Crippen LogP contribution in [0.5, 0.6) is 5.75 Å². The molecule has 24 heavy (non-hydrogen) atoms. The number of thioether (sulfide) groups is 1. The average Bonchev–Trinajstić information content (AvgIpc) is 2.56. The van der Waals surface area contributed by atoms with E-state index in [9.17, 15) is 4.79 Å². The molecule has 130 valence electrons. The lowest BCUT2D eigenvalue weighted by atomic mass is 10.2. The zero-order chi connectivity index (χ0) is 17.7. The van der Waals surface area contributed by atoms with Crippen molar-refractivity contribution in [3.05, 3.63) is 28.6 Å². The fourth-order valence-electron chi connectivity index (χ4n) is 2.16. The second kappa shape index (κ2) is 8.48. The van der Waals surface area contributed by atoms with Gasteiger partial charge < -0.3 is 9.64 Å². The predicted molar refractivity (Wildman–Crippen MR) is 104 cm³/mol. The van der Waals surface area contributed by atoms with Gasteiger partial charge in [-0.3, -0.25) is 9.36 Å². The third kappa shape index (κ3) is 4.27. The SMILES string of the molecule is CCCSc1nc2ccc(OC(=S)N(C)C)cc2c(=O)n1CCC. The Kier molecular flexibility index (Phi) is 6.62. The summed E-state index contributed by atoms with van der Waals surface area (Å²) in [7, 11) is 3.63. The molecule has 0 saturated carbocycles. The van der Waals surface area contributed by atoms with E-state index in [1.165, 1.54) is 0 Å². The van der Waals surface area contributed by atoms with Gasteiger partial charge in [0.2, 0.25) is 0 Å². The molecule has 0 aliphatic rings. The first-order valence-corrected chi connectivity index (χ1v) is 9.43. The lowest BCUT2D eigenvalue weighted by molar-refractivity contribution is 0.449. The summed E-state index contributed by atoms with van der Waals surface area (Å²) in [5, 5.41) is 1.70. The Balaban J connectivity index is 2.49. The number of rotatable bonds is 6. The van der Waals surface area contributed by atoms with E-state index in [0.29, 0.717) is 28.4 Å². The van der Waals surface area contributed by atoms with Crippen LogP contribution in [0.15, 0.2) is 28.2 Å². The van der Waals surface area contributed by atoms with Crippen LogP contribution in [-0.2, 0) is 6.54 Å². The first-order chi connectivity index (χ1) is 11.5. The average molecular weight is 366 g/mol. The number of thiocarbonyl (C=S) groups is 1. The Morgan fingerprint density at radius 1 is 1.33 bits per heavy atom. The number of benzene rings is 1. The summed E-state index contributed by atoms with van der Waals surface area (Å²) in [5.41, 5.74) is 0.663. The molecular formula is C17H23N3O2S2. The molecule has 0 unspecified atom stereocenters. The van der Waals surface area contributed by atoms with E-state index in [1.54, 1.807) is 33.4 Å². The van der Waals surface area contributed by atoms with Gasteiger partial charge in [0.15, 0.2) is 5.16 Å². The second-order valence-electron chi connectivity index (χ2n) is 5.64. The smallest absolute Gasteiger partial charge is 0.264 e. The summed E-state index contributed by atoms with van der Waals surface area (Å²) >= 11 is 6.78. The van der Waals surface area contributed by atoms with Crippen LogP contribution in [0.4, 0.5) is 0 Å². The van der Waals surface area contributed by atoms with Crippen LogP contribution in [0, 0.1) is 0 Å². The van der Waals surface area contributed by atoms with Crippen molar-refractivity contribution in [2.24, 2.45) is 0 Å². The van der Waals surface area contributed by atoms with Crippen LogP contribution in [0.2, 0.25) is 0 Å². The molecule has 2 aromatic rings. The molecule has 0 radical (unpaired) electrons. The van der Waals surface area contributed by atoms with Gasteiger partial charge in [-0.05, 0) is 43.3 Å². The Labute approximate surface area is 152 Å². The summed E-state index contributed by atoms with van der Waals surface area (Å²) in [6, 6.07) is 5.33. The number of nitrogens with zero attached hydrogens (tertiary/aromatic N) is 3. The van der Waals surface area contributed by atoms with Crippen LogP contribution in [0.3, 0.4) is 0 Å². The third-order valence-electron chi connectivity index (χ3n) is 3.34. The van der Waals surface area contributed by atoms with Gasteiger partial charge in [-0.1, -0.05) is 25.6 Å². The van der Waals surface area contributed by atoms with Crippen molar-refractivity contribution in [3.8, 4) is 5.75 Å². The summed E-state index contributed by atoms with van der Waals surface area (Å²) in [5.74, 6) is 1.50. The number of ether oxygens (including phenoxy) is 1. The molecule has 1 heterocycles. The van der Waals surface area contributed by atoms with Gasteiger partial charge in [0, 0.05) is 26.4 Å². The number of aromatic nitrogens is 2. The van der Waals surface area contributed by atoms with Crippen molar-refractivity contribution in [1.82, 2.24) is 14.5 Å². The molecule has 5 nitrogen and oxygen atoms in total. The summed E-state index contributed by atoms with van der Waals surface area (Å²) in [4.78, 5) is 19.3. The van der Waals surface area contributed by atoms with E-state index < -0.39 is 0 Å². The molecule has 0 aliphatic carbocycles. The maximum Gasteiger partial charge on any atom is 0.264 e. The zero-order valence-corrected chi connectivity index (χ0v) is 16.2. The number of fused-ring (bicyclic) bond motifs is 1. The minimum absolute atomic E-state index is 0.0262. The highest BCUT2D eigenvalue weighted by Gasteiger charge is 2.12. The first-order valence-electron chi connectivity index (χ1n) is 8.04. The topological polar surface area (TPSA) is 47.4 Å². The van der Waals surface area contributed by atoms with Gasteiger partial charge in [-0.25, -0.2) is 4.98 Å². The van der Waals surface area contributed by atoms with Crippen molar-refractivity contribution in [2.45, 2.75) is 38.4 Å². The molecule has 1 aromatic carbocycles. The molecule has 2 rings (SSSR count). The summed E-state index contributed by atoms with van der Waals surface area (Å²) in [6.07, 6.45) is 1.92. The molecule has 0 amide bonds. The summed E-state index contributed by atoms with van der Waals surface area (Å²) in [6.45, 7) is 4.84. The fourth-order valence-corrected chi connectivity index (χ4v) is 3.14. The van der Waals surface area contributed by atoms with E-state index in [-0.39, 0.29) is 5.56 Å². The van der Waals surface area contributed by atoms with Crippen molar-refractivity contribution >= 4 is 40.1 Å². The van der Waals surface area contributed by atoms with Crippen LogP contribution >= 0.6 is 24.0 Å². The highest BCUT2D eigenvalue weighted by molar-refractivity contribution is 7.99. The number of hydrogen-bond donors (Lipinski definition) is 0. The van der Waals surface area contributed by atoms with Gasteiger partial charge >= 0.3 is 0 Å². The Morgan fingerprint density at radius 2 is 2.08 bits per heavy atom. The standard InChI is InChI=1S/C17H23N3O2S2/c1-5-9-20-15(21)13-11-12(22-17(23)19(3)4)7-8-14(13)18-16(20)24-10-6-2/h7-8,11H,5-6,9-10H2,1-4H3. The Bertz CT molecular complexity index is 787. The molecule has 0 bridgehead atoms. The zero-order valence-electron chi connectivity index (χ0n) is 14.5. The fraction of sp³-hybridized carbons (Fsp3) is 0.471. The van der Waals surface area contributed by atoms with Crippen molar-refractivity contribution in [3.63, 3.8) is 0 Å². The van der Waals surface area contributed by atoms with E-state index in [4.69, 9.17) is 17.0 Å². The van der Waals surface area contributed by atoms with Crippen LogP contribution in [0.1, 0.15) is 26.7 Å². The van der Waals surface area contributed by atoms with Gasteiger partial charge in [-0.15, -0.1) is 0 Å². The number of hydrogen-bond acceptors (Lipinski definition) is 5. The molecule has 0 fully saturated rings. The normalized spacial score (nSPS) is 10.8. The third-order valence-corrected chi connectivity index (χ3v) is 4.97. The Morgan fingerprint density at radius 3 is 2.71 bits per heavy atom. The maximum absolute atomic E-state index is 12.9. The minimum Gasteiger partial charge on any atom is -0.432 e. The largest absolute Gasteiger partial charge is 0.432 e. The molecule has 0 N–H and O–H groups in total. The predicted octanol–water partition coefficient (Wildman–Crippen LogP) is 3.53. The van der Waals surface area contributed by atoms with Gasteiger partial charge in [0.25, 0.3) is 10.7 Å². The van der Waals surface area contributed by atoms with E-state index >= 15 is 0 Å². The first kappa shape index (κ1) is 18.7. The van der Waals surface area contributed by atoms with Crippen molar-refractivity contribution in [1.29, 1.82) is 0 Å². The minimum atomic E-state index is -0.0262. The van der Waals surface area contributed by atoms with Gasteiger partial charge in [0.05, 0.1) is 10.9 Å². The maximum atomic E-state index is 12.9. The Hall–Kier alpha value is -1.60. The summed E-state index contributed by atoms with van der Waals surface area (Å²) < 4.78 is 7.37. The lowest BCUT2D eigenvalue weighted by Crippen LogP contribution is -2.25. The van der Waals surface area contributed by atoms with E-state index in [1.807, 2.05) is 20.2 Å². The highest BCUT2D eigenvalue weighted by Crippen LogP contribution is 2.22. The molecular weight excluding hydrogens is 342 g/mol. The van der Waals surface area contributed by atoms with E-state index in [0.717, 1.165) is 23.8 Å². The molecule has 0 atom stereocenters.